The molecule has 17 heavy (non-hydrogen) atoms. The highest BCUT2D eigenvalue weighted by atomic mass is 35.5. The van der Waals surface area contributed by atoms with E-state index in [2.05, 4.69) is 5.10 Å². The molecule has 0 amide bonds. The van der Waals surface area contributed by atoms with Crippen molar-refractivity contribution in [3.63, 3.8) is 0 Å². The molecule has 0 saturated heterocycles. The molecule has 0 unspecified atom stereocenters. The van der Waals surface area contributed by atoms with Crippen LogP contribution in [0.2, 0.25) is 5.02 Å². The summed E-state index contributed by atoms with van der Waals surface area (Å²) >= 11 is 5.74. The van der Waals surface area contributed by atoms with Crippen molar-refractivity contribution in [2.45, 2.75) is 6.54 Å². The van der Waals surface area contributed by atoms with E-state index >= 15 is 0 Å². The maximum atomic E-state index is 10.5. The second kappa shape index (κ2) is 4.88. The van der Waals surface area contributed by atoms with Gasteiger partial charge in [-0.05, 0) is 24.3 Å². The molecule has 6 heteroatoms. The zero-order valence-electron chi connectivity index (χ0n) is 8.71. The molecular weight excluding hydrogens is 244 g/mol. The third-order valence-electron chi connectivity index (χ3n) is 1.96. The first-order valence-electron chi connectivity index (χ1n) is 4.81. The summed E-state index contributed by atoms with van der Waals surface area (Å²) in [6.07, 6.45) is 2.97. The second-order valence-corrected chi connectivity index (χ2v) is 3.76. The van der Waals surface area contributed by atoms with E-state index in [0.717, 1.165) is 0 Å². The van der Waals surface area contributed by atoms with Gasteiger partial charge >= 0.3 is 5.97 Å². The standard InChI is InChI=1S/C11H9ClN2O3/c12-8-1-3-9(4-2-8)17-10-5-13-14(6-10)7-11(15)16/h1-6H,7H2,(H,15,16). The van der Waals surface area contributed by atoms with Crippen molar-refractivity contribution in [3.05, 3.63) is 41.7 Å². The molecule has 88 valence electrons. The van der Waals surface area contributed by atoms with E-state index in [9.17, 15) is 4.79 Å². The molecule has 1 aromatic heterocycles. The maximum absolute atomic E-state index is 10.5. The van der Waals surface area contributed by atoms with Crippen LogP contribution in [0.15, 0.2) is 36.7 Å². The molecule has 2 aromatic rings. The smallest absolute Gasteiger partial charge is 0.325 e. The molecule has 1 aromatic carbocycles. The van der Waals surface area contributed by atoms with Crippen LogP contribution in [0.1, 0.15) is 0 Å². The number of aliphatic carboxylic acids is 1. The van der Waals surface area contributed by atoms with Gasteiger partial charge in [0.05, 0.1) is 12.4 Å². The van der Waals surface area contributed by atoms with Crippen molar-refractivity contribution < 1.29 is 14.6 Å². The minimum Gasteiger partial charge on any atom is -0.480 e. The second-order valence-electron chi connectivity index (χ2n) is 3.32. The number of carboxylic acid groups (broad SMARTS) is 1. The van der Waals surface area contributed by atoms with Gasteiger partial charge in [-0.25, -0.2) is 0 Å². The first kappa shape index (κ1) is 11.5. The van der Waals surface area contributed by atoms with Crippen molar-refractivity contribution in [2.75, 3.05) is 0 Å². The fourth-order valence-electron chi connectivity index (χ4n) is 1.26. The first-order valence-corrected chi connectivity index (χ1v) is 5.19. The van der Waals surface area contributed by atoms with E-state index in [1.54, 1.807) is 24.3 Å². The van der Waals surface area contributed by atoms with Gasteiger partial charge in [-0.2, -0.15) is 5.10 Å². The van der Waals surface area contributed by atoms with Crippen LogP contribution in [0.3, 0.4) is 0 Å². The molecule has 0 aliphatic carbocycles. The summed E-state index contributed by atoms with van der Waals surface area (Å²) in [7, 11) is 0. The van der Waals surface area contributed by atoms with Gasteiger partial charge in [0.1, 0.15) is 12.3 Å². The van der Waals surface area contributed by atoms with Crippen LogP contribution in [0.25, 0.3) is 0 Å². The molecule has 5 nitrogen and oxygen atoms in total. The van der Waals surface area contributed by atoms with Crippen LogP contribution in [-0.2, 0) is 11.3 Å². The number of halogens is 1. The molecule has 2 rings (SSSR count). The van der Waals surface area contributed by atoms with Crippen LogP contribution in [-0.4, -0.2) is 20.9 Å². The lowest BCUT2D eigenvalue weighted by atomic mass is 10.3. The molecule has 0 aliphatic rings. The Labute approximate surface area is 102 Å². The molecule has 0 radical (unpaired) electrons. The fraction of sp³-hybridized carbons (Fsp3) is 0.0909. The Morgan fingerprint density at radius 1 is 1.35 bits per heavy atom. The molecule has 0 aliphatic heterocycles. The third kappa shape index (κ3) is 3.22. The highest BCUT2D eigenvalue weighted by Gasteiger charge is 2.04. The number of carbonyl (C=O) groups is 1. The Morgan fingerprint density at radius 2 is 2.06 bits per heavy atom. The van der Waals surface area contributed by atoms with E-state index in [-0.39, 0.29) is 6.54 Å². The lowest BCUT2D eigenvalue weighted by Gasteiger charge is -2.01. The highest BCUT2D eigenvalue weighted by Crippen LogP contribution is 2.22. The maximum Gasteiger partial charge on any atom is 0.325 e. The predicted octanol–water partition coefficient (Wildman–Crippen LogP) is 2.41. The van der Waals surface area contributed by atoms with Crippen molar-refractivity contribution in [3.8, 4) is 11.5 Å². The first-order chi connectivity index (χ1) is 8.13. The number of hydrogen-bond acceptors (Lipinski definition) is 3. The van der Waals surface area contributed by atoms with Crippen molar-refractivity contribution in [1.29, 1.82) is 0 Å². The van der Waals surface area contributed by atoms with Crippen LogP contribution >= 0.6 is 11.6 Å². The van der Waals surface area contributed by atoms with E-state index in [1.807, 2.05) is 0 Å². The number of hydrogen-bond donors (Lipinski definition) is 1. The normalized spacial score (nSPS) is 10.2. The minimum atomic E-state index is -0.953. The van der Waals surface area contributed by atoms with Gasteiger partial charge in [0, 0.05) is 5.02 Å². The molecule has 0 fully saturated rings. The topological polar surface area (TPSA) is 64.3 Å². The number of nitrogens with zero attached hydrogens (tertiary/aromatic N) is 2. The zero-order chi connectivity index (χ0) is 12.3. The SMILES string of the molecule is O=C(O)Cn1cc(Oc2ccc(Cl)cc2)cn1. The number of rotatable bonds is 4. The van der Waals surface area contributed by atoms with E-state index in [0.29, 0.717) is 16.5 Å². The molecule has 0 spiro atoms. The fourth-order valence-corrected chi connectivity index (χ4v) is 1.39. The Balaban J connectivity index is 2.06. The molecule has 0 bridgehead atoms. The van der Waals surface area contributed by atoms with Crippen LogP contribution in [0.4, 0.5) is 0 Å². The Hall–Kier alpha value is -2.01. The van der Waals surface area contributed by atoms with Crippen LogP contribution in [0, 0.1) is 0 Å². The quantitative estimate of drug-likeness (QED) is 0.908. The molecule has 0 atom stereocenters. The highest BCUT2D eigenvalue weighted by molar-refractivity contribution is 6.30. The zero-order valence-corrected chi connectivity index (χ0v) is 9.46. The monoisotopic (exact) mass is 252 g/mol. The van der Waals surface area contributed by atoms with E-state index in [4.69, 9.17) is 21.4 Å². The molecule has 1 N–H and O–H groups in total. The third-order valence-corrected chi connectivity index (χ3v) is 2.21. The average Bonchev–Trinajstić information content (AvgIpc) is 2.68. The summed E-state index contributed by atoms with van der Waals surface area (Å²) in [5, 5.41) is 13.1. The van der Waals surface area contributed by atoms with Crippen molar-refractivity contribution in [1.82, 2.24) is 9.78 Å². The van der Waals surface area contributed by atoms with Crippen molar-refractivity contribution in [2.24, 2.45) is 0 Å². The Morgan fingerprint density at radius 3 is 2.71 bits per heavy atom. The van der Waals surface area contributed by atoms with Gasteiger partial charge in [0.25, 0.3) is 0 Å². The van der Waals surface area contributed by atoms with E-state index < -0.39 is 5.97 Å². The molecular formula is C11H9ClN2O3. The van der Waals surface area contributed by atoms with Gasteiger partial charge in [-0.15, -0.1) is 0 Å². The molecule has 0 saturated carbocycles. The number of carboxylic acids is 1. The summed E-state index contributed by atoms with van der Waals surface area (Å²) < 4.78 is 6.75. The van der Waals surface area contributed by atoms with Crippen LogP contribution in [0.5, 0.6) is 11.5 Å². The lowest BCUT2D eigenvalue weighted by Crippen LogP contribution is -2.08. The van der Waals surface area contributed by atoms with E-state index in [1.165, 1.54) is 17.1 Å². The summed E-state index contributed by atoms with van der Waals surface area (Å²) in [5.74, 6) is 0.143. The van der Waals surface area contributed by atoms with Crippen molar-refractivity contribution >= 4 is 17.6 Å². The van der Waals surface area contributed by atoms with Gasteiger partial charge in [0.15, 0.2) is 5.75 Å². The summed E-state index contributed by atoms with van der Waals surface area (Å²) in [6.45, 7) is -0.190. The number of ether oxygens (including phenoxy) is 1. The van der Waals surface area contributed by atoms with Gasteiger partial charge in [0.2, 0.25) is 0 Å². The predicted molar refractivity (Wildman–Crippen MR) is 61.4 cm³/mol. The summed E-state index contributed by atoms with van der Waals surface area (Å²) in [5.41, 5.74) is 0. The number of benzene rings is 1. The van der Waals surface area contributed by atoms with Gasteiger partial charge in [-0.1, -0.05) is 11.6 Å². The Kier molecular flexibility index (Phi) is 3.30. The summed E-state index contributed by atoms with van der Waals surface area (Å²) in [6, 6.07) is 6.85. The minimum absolute atomic E-state index is 0.190. The lowest BCUT2D eigenvalue weighted by molar-refractivity contribution is -0.137. The average molecular weight is 253 g/mol. The Bertz CT molecular complexity index is 522. The number of aromatic nitrogens is 2. The van der Waals surface area contributed by atoms with Gasteiger partial charge in [-0.3, -0.25) is 9.48 Å². The summed E-state index contributed by atoms with van der Waals surface area (Å²) in [4.78, 5) is 10.5. The molecule has 1 heterocycles. The largest absolute Gasteiger partial charge is 0.480 e. The van der Waals surface area contributed by atoms with Crippen LogP contribution < -0.4 is 4.74 Å². The van der Waals surface area contributed by atoms with Gasteiger partial charge < -0.3 is 9.84 Å².